The zero-order valence-electron chi connectivity index (χ0n) is 13.1. The molecule has 0 heterocycles. The van der Waals surface area contributed by atoms with Crippen molar-refractivity contribution in [2.75, 3.05) is 5.32 Å². The van der Waals surface area contributed by atoms with Crippen molar-refractivity contribution >= 4 is 11.6 Å². The van der Waals surface area contributed by atoms with Gasteiger partial charge in [-0.15, -0.1) is 0 Å². The number of nitrogens with one attached hydrogen (secondary N) is 1. The summed E-state index contributed by atoms with van der Waals surface area (Å²) in [5.41, 5.74) is 7.68. The van der Waals surface area contributed by atoms with E-state index in [2.05, 4.69) is 5.32 Å². The molecule has 1 aromatic carbocycles. The quantitative estimate of drug-likeness (QED) is 0.840. The van der Waals surface area contributed by atoms with Gasteiger partial charge in [0.25, 0.3) is 0 Å². The number of rotatable bonds is 6. The van der Waals surface area contributed by atoms with Gasteiger partial charge in [0, 0.05) is 5.69 Å². The highest BCUT2D eigenvalue weighted by Gasteiger charge is 2.19. The summed E-state index contributed by atoms with van der Waals surface area (Å²) >= 11 is 0. The maximum absolute atomic E-state index is 12.1. The van der Waals surface area contributed by atoms with Crippen LogP contribution in [0.2, 0.25) is 0 Å². The molecule has 0 radical (unpaired) electrons. The third-order valence-corrected chi connectivity index (χ3v) is 3.39. The van der Waals surface area contributed by atoms with Crippen LogP contribution in [0.15, 0.2) is 18.2 Å². The minimum absolute atomic E-state index is 0.133. The van der Waals surface area contributed by atoms with Gasteiger partial charge in [-0.05, 0) is 50.5 Å². The van der Waals surface area contributed by atoms with Gasteiger partial charge >= 0.3 is 0 Å². The van der Waals surface area contributed by atoms with Crippen molar-refractivity contribution in [2.24, 2.45) is 11.7 Å². The van der Waals surface area contributed by atoms with Gasteiger partial charge in [-0.2, -0.15) is 0 Å². The van der Waals surface area contributed by atoms with Crippen LogP contribution in [0.3, 0.4) is 0 Å². The second-order valence-electron chi connectivity index (χ2n) is 5.54. The summed E-state index contributed by atoms with van der Waals surface area (Å²) in [7, 11) is 0. The van der Waals surface area contributed by atoms with Gasteiger partial charge in [-0.3, -0.25) is 4.79 Å². The summed E-state index contributed by atoms with van der Waals surface area (Å²) in [6, 6.07) is 5.15. The standard InChI is InChI=1S/C16H26N2O2/c1-6-11(4)15(17)16(19)18-14-8-7-13(9-12(14)5)20-10(2)3/h7-11,15H,6,17H2,1-5H3,(H,18,19)/t11-,15-/m0/s1. The molecule has 20 heavy (non-hydrogen) atoms. The number of carbonyl (C=O) groups is 1. The van der Waals surface area contributed by atoms with Crippen LogP contribution in [0.25, 0.3) is 0 Å². The van der Waals surface area contributed by atoms with Gasteiger partial charge in [0.05, 0.1) is 12.1 Å². The number of benzene rings is 1. The monoisotopic (exact) mass is 278 g/mol. The van der Waals surface area contributed by atoms with E-state index in [4.69, 9.17) is 10.5 Å². The van der Waals surface area contributed by atoms with Crippen molar-refractivity contribution in [1.29, 1.82) is 0 Å². The van der Waals surface area contributed by atoms with Crippen molar-refractivity contribution < 1.29 is 9.53 Å². The van der Waals surface area contributed by atoms with Crippen molar-refractivity contribution in [3.63, 3.8) is 0 Å². The van der Waals surface area contributed by atoms with Gasteiger partial charge in [-0.1, -0.05) is 20.3 Å². The Morgan fingerprint density at radius 3 is 2.50 bits per heavy atom. The highest BCUT2D eigenvalue weighted by molar-refractivity contribution is 5.95. The molecule has 0 saturated carbocycles. The third kappa shape index (κ3) is 4.53. The number of ether oxygens (including phenoxy) is 1. The lowest BCUT2D eigenvalue weighted by atomic mass is 9.99. The van der Waals surface area contributed by atoms with E-state index in [9.17, 15) is 4.79 Å². The molecule has 0 saturated heterocycles. The Morgan fingerprint density at radius 2 is 2.00 bits per heavy atom. The van der Waals surface area contributed by atoms with E-state index in [1.165, 1.54) is 0 Å². The van der Waals surface area contributed by atoms with E-state index in [0.717, 1.165) is 23.4 Å². The van der Waals surface area contributed by atoms with E-state index in [0.29, 0.717) is 0 Å². The lowest BCUT2D eigenvalue weighted by Crippen LogP contribution is -2.40. The van der Waals surface area contributed by atoms with E-state index in [-0.39, 0.29) is 17.9 Å². The number of carbonyl (C=O) groups excluding carboxylic acids is 1. The van der Waals surface area contributed by atoms with Crippen LogP contribution in [0.1, 0.15) is 39.7 Å². The molecule has 0 aliphatic carbocycles. The summed E-state index contributed by atoms with van der Waals surface area (Å²) in [5, 5.41) is 2.89. The highest BCUT2D eigenvalue weighted by Crippen LogP contribution is 2.22. The molecule has 0 aromatic heterocycles. The van der Waals surface area contributed by atoms with Crippen LogP contribution in [0, 0.1) is 12.8 Å². The van der Waals surface area contributed by atoms with Crippen molar-refractivity contribution in [1.82, 2.24) is 0 Å². The van der Waals surface area contributed by atoms with Crippen LogP contribution in [-0.4, -0.2) is 18.1 Å². The smallest absolute Gasteiger partial charge is 0.241 e. The molecular formula is C16H26N2O2. The molecule has 3 N–H and O–H groups in total. The Kier molecular flexibility index (Phi) is 6.02. The highest BCUT2D eigenvalue weighted by atomic mass is 16.5. The number of anilines is 1. The molecule has 0 aliphatic heterocycles. The first-order valence-electron chi connectivity index (χ1n) is 7.18. The average Bonchev–Trinajstić information content (AvgIpc) is 2.39. The molecule has 1 amide bonds. The molecule has 4 nitrogen and oxygen atoms in total. The summed E-state index contributed by atoms with van der Waals surface area (Å²) in [5.74, 6) is 0.834. The predicted molar refractivity (Wildman–Crippen MR) is 83.0 cm³/mol. The van der Waals surface area contributed by atoms with Crippen LogP contribution in [-0.2, 0) is 4.79 Å². The van der Waals surface area contributed by atoms with Crippen LogP contribution >= 0.6 is 0 Å². The normalized spacial score (nSPS) is 13.9. The molecule has 0 bridgehead atoms. The first-order valence-corrected chi connectivity index (χ1v) is 7.18. The van der Waals surface area contributed by atoms with E-state index < -0.39 is 6.04 Å². The van der Waals surface area contributed by atoms with Gasteiger partial charge in [0.15, 0.2) is 0 Å². The molecule has 0 aliphatic rings. The Hall–Kier alpha value is -1.55. The van der Waals surface area contributed by atoms with E-state index in [1.807, 2.05) is 52.8 Å². The molecule has 1 rings (SSSR count). The third-order valence-electron chi connectivity index (χ3n) is 3.39. The Balaban J connectivity index is 2.76. The molecule has 0 fully saturated rings. The predicted octanol–water partition coefficient (Wildman–Crippen LogP) is 3.09. The molecule has 4 heteroatoms. The largest absolute Gasteiger partial charge is 0.491 e. The fourth-order valence-corrected chi connectivity index (χ4v) is 1.85. The van der Waals surface area contributed by atoms with Crippen molar-refractivity contribution in [3.05, 3.63) is 23.8 Å². The molecule has 112 valence electrons. The Labute approximate surface area is 121 Å². The molecular weight excluding hydrogens is 252 g/mol. The van der Waals surface area contributed by atoms with Gasteiger partial charge in [0.2, 0.25) is 5.91 Å². The van der Waals surface area contributed by atoms with Crippen LogP contribution in [0.5, 0.6) is 5.75 Å². The molecule has 1 aromatic rings. The second-order valence-corrected chi connectivity index (χ2v) is 5.54. The topological polar surface area (TPSA) is 64.4 Å². The SMILES string of the molecule is CC[C@H](C)[C@H](N)C(=O)Nc1ccc(OC(C)C)cc1C. The zero-order chi connectivity index (χ0) is 15.3. The Bertz CT molecular complexity index is 458. The number of aryl methyl sites for hydroxylation is 1. The molecule has 0 spiro atoms. The summed E-state index contributed by atoms with van der Waals surface area (Å²) in [4.78, 5) is 12.1. The lowest BCUT2D eigenvalue weighted by Gasteiger charge is -2.19. The second kappa shape index (κ2) is 7.29. The first kappa shape index (κ1) is 16.5. The molecule has 0 unspecified atom stereocenters. The average molecular weight is 278 g/mol. The summed E-state index contributed by atoms with van der Waals surface area (Å²) in [6.07, 6.45) is 1.02. The van der Waals surface area contributed by atoms with Crippen LogP contribution in [0.4, 0.5) is 5.69 Å². The van der Waals surface area contributed by atoms with Gasteiger partial charge in [-0.25, -0.2) is 0 Å². The van der Waals surface area contributed by atoms with Gasteiger partial charge in [0.1, 0.15) is 5.75 Å². The van der Waals surface area contributed by atoms with Crippen molar-refractivity contribution in [2.45, 2.75) is 53.2 Å². The van der Waals surface area contributed by atoms with E-state index in [1.54, 1.807) is 0 Å². The van der Waals surface area contributed by atoms with Crippen molar-refractivity contribution in [3.8, 4) is 5.75 Å². The zero-order valence-corrected chi connectivity index (χ0v) is 13.1. The number of hydrogen-bond acceptors (Lipinski definition) is 3. The number of hydrogen-bond donors (Lipinski definition) is 2. The summed E-state index contributed by atoms with van der Waals surface area (Å²) in [6.45, 7) is 9.92. The first-order chi connectivity index (χ1) is 9.35. The molecule has 2 atom stereocenters. The minimum atomic E-state index is -0.481. The summed E-state index contributed by atoms with van der Waals surface area (Å²) < 4.78 is 5.62. The maximum Gasteiger partial charge on any atom is 0.241 e. The fourth-order valence-electron chi connectivity index (χ4n) is 1.85. The maximum atomic E-state index is 12.1. The van der Waals surface area contributed by atoms with E-state index >= 15 is 0 Å². The fraction of sp³-hybridized carbons (Fsp3) is 0.562. The lowest BCUT2D eigenvalue weighted by molar-refractivity contribution is -0.118. The van der Waals surface area contributed by atoms with Crippen LogP contribution < -0.4 is 15.8 Å². The Morgan fingerprint density at radius 1 is 1.35 bits per heavy atom. The van der Waals surface area contributed by atoms with Gasteiger partial charge < -0.3 is 15.8 Å². The number of amides is 1. The minimum Gasteiger partial charge on any atom is -0.491 e. The number of nitrogens with two attached hydrogens (primary N) is 1.